The Balaban J connectivity index is 1.88. The van der Waals surface area contributed by atoms with E-state index in [1.54, 1.807) is 11.8 Å². The number of hydrogen-bond donors (Lipinski definition) is 0. The summed E-state index contributed by atoms with van der Waals surface area (Å²) in [5, 5.41) is 13.6. The molecule has 3 aromatic rings. The van der Waals surface area contributed by atoms with Crippen LogP contribution in [0.2, 0.25) is 0 Å². The summed E-state index contributed by atoms with van der Waals surface area (Å²) in [7, 11) is 0. The molecular formula is C17H17BrN4OS. The van der Waals surface area contributed by atoms with Crippen LogP contribution in [-0.2, 0) is 12.3 Å². The molecule has 0 N–H and O–H groups in total. The minimum atomic E-state index is 0.655. The molecule has 0 saturated heterocycles. The molecule has 0 atom stereocenters. The van der Waals surface area contributed by atoms with Gasteiger partial charge in [-0.15, -0.1) is 16.8 Å². The first-order valence-electron chi connectivity index (χ1n) is 7.44. The number of benzene rings is 1. The van der Waals surface area contributed by atoms with Gasteiger partial charge in [-0.25, -0.2) is 0 Å². The maximum Gasteiger partial charge on any atom is 0.192 e. The number of nitrogens with zero attached hydrogens (tertiary/aromatic N) is 4. The standard InChI is InChI=1S/C17H17BrN4OS/c1-4-9-22-16(13-5-7-14(18)8-6-13)19-20-17(22)24-10-15-11(2)21-23-12(15)3/h4-8H,1,9-10H2,2-3H3. The third-order valence-electron chi connectivity index (χ3n) is 3.66. The van der Waals surface area contributed by atoms with Crippen molar-refractivity contribution in [1.29, 1.82) is 0 Å². The molecule has 0 saturated carbocycles. The maximum absolute atomic E-state index is 5.22. The van der Waals surface area contributed by atoms with E-state index in [4.69, 9.17) is 4.52 Å². The fourth-order valence-corrected chi connectivity index (χ4v) is 3.71. The third kappa shape index (κ3) is 3.47. The van der Waals surface area contributed by atoms with E-state index in [1.807, 2.05) is 44.2 Å². The van der Waals surface area contributed by atoms with Gasteiger partial charge in [0, 0.05) is 27.9 Å². The van der Waals surface area contributed by atoms with Gasteiger partial charge in [-0.1, -0.05) is 51.1 Å². The second-order valence-corrected chi connectivity index (χ2v) is 7.16. The van der Waals surface area contributed by atoms with Crippen molar-refractivity contribution in [1.82, 2.24) is 19.9 Å². The van der Waals surface area contributed by atoms with E-state index in [0.29, 0.717) is 6.54 Å². The SMILES string of the molecule is C=CCn1c(SCc2c(C)noc2C)nnc1-c1ccc(Br)cc1. The Hall–Kier alpha value is -1.86. The molecule has 2 aromatic heterocycles. The average molecular weight is 405 g/mol. The van der Waals surface area contributed by atoms with Crippen LogP contribution in [0.25, 0.3) is 11.4 Å². The van der Waals surface area contributed by atoms with Crippen LogP contribution in [0, 0.1) is 13.8 Å². The number of halogens is 1. The van der Waals surface area contributed by atoms with Crippen molar-refractivity contribution in [2.24, 2.45) is 0 Å². The smallest absolute Gasteiger partial charge is 0.192 e. The van der Waals surface area contributed by atoms with Crippen molar-refractivity contribution in [3.05, 3.63) is 58.4 Å². The Labute approximate surface area is 153 Å². The lowest BCUT2D eigenvalue weighted by atomic mass is 10.2. The highest BCUT2D eigenvalue weighted by Gasteiger charge is 2.16. The summed E-state index contributed by atoms with van der Waals surface area (Å²) in [5.41, 5.74) is 3.05. The van der Waals surface area contributed by atoms with Gasteiger partial charge in [-0.05, 0) is 26.0 Å². The fourth-order valence-electron chi connectivity index (χ4n) is 2.35. The van der Waals surface area contributed by atoms with Crippen molar-refractivity contribution in [3.8, 4) is 11.4 Å². The zero-order valence-electron chi connectivity index (χ0n) is 13.5. The molecule has 24 heavy (non-hydrogen) atoms. The van der Waals surface area contributed by atoms with E-state index >= 15 is 0 Å². The van der Waals surface area contributed by atoms with E-state index in [2.05, 4.69) is 42.4 Å². The molecule has 5 nitrogen and oxygen atoms in total. The average Bonchev–Trinajstić information content (AvgIpc) is 3.11. The van der Waals surface area contributed by atoms with Gasteiger partial charge in [-0.3, -0.25) is 4.57 Å². The number of aromatic nitrogens is 4. The molecule has 0 unspecified atom stereocenters. The molecular weight excluding hydrogens is 388 g/mol. The summed E-state index contributed by atoms with van der Waals surface area (Å²) in [4.78, 5) is 0. The van der Waals surface area contributed by atoms with Crippen molar-refractivity contribution in [2.45, 2.75) is 31.3 Å². The molecule has 2 heterocycles. The second-order valence-electron chi connectivity index (χ2n) is 5.30. The Morgan fingerprint density at radius 1 is 1.25 bits per heavy atom. The van der Waals surface area contributed by atoms with Crippen LogP contribution in [0.1, 0.15) is 17.0 Å². The number of aryl methyl sites for hydroxylation is 2. The van der Waals surface area contributed by atoms with Crippen molar-refractivity contribution < 1.29 is 4.52 Å². The fraction of sp³-hybridized carbons (Fsp3) is 0.235. The highest BCUT2D eigenvalue weighted by molar-refractivity contribution is 9.10. The Morgan fingerprint density at radius 2 is 2.00 bits per heavy atom. The first kappa shape index (κ1) is 17.0. The van der Waals surface area contributed by atoms with Crippen LogP contribution in [0.4, 0.5) is 0 Å². The van der Waals surface area contributed by atoms with E-state index < -0.39 is 0 Å². The van der Waals surface area contributed by atoms with Crippen molar-refractivity contribution >= 4 is 27.7 Å². The summed E-state index contributed by atoms with van der Waals surface area (Å²) in [6.07, 6.45) is 1.85. The van der Waals surface area contributed by atoms with Gasteiger partial charge in [0.25, 0.3) is 0 Å². The summed E-state index contributed by atoms with van der Waals surface area (Å²) in [6, 6.07) is 8.05. The van der Waals surface area contributed by atoms with Gasteiger partial charge in [0.2, 0.25) is 0 Å². The number of hydrogen-bond acceptors (Lipinski definition) is 5. The zero-order chi connectivity index (χ0) is 17.1. The first-order chi connectivity index (χ1) is 11.6. The second kappa shape index (κ2) is 7.36. The highest BCUT2D eigenvalue weighted by atomic mass is 79.9. The highest BCUT2D eigenvalue weighted by Crippen LogP contribution is 2.29. The summed E-state index contributed by atoms with van der Waals surface area (Å²) in [5.74, 6) is 2.43. The number of rotatable bonds is 6. The Morgan fingerprint density at radius 3 is 2.62 bits per heavy atom. The van der Waals surface area contributed by atoms with Gasteiger partial charge in [0.1, 0.15) is 5.76 Å². The molecule has 3 rings (SSSR count). The van der Waals surface area contributed by atoms with Crippen LogP contribution >= 0.6 is 27.7 Å². The van der Waals surface area contributed by atoms with Crippen molar-refractivity contribution in [3.63, 3.8) is 0 Å². The minimum Gasteiger partial charge on any atom is -0.361 e. The molecule has 7 heteroatoms. The predicted molar refractivity (Wildman–Crippen MR) is 98.9 cm³/mol. The monoisotopic (exact) mass is 404 g/mol. The van der Waals surface area contributed by atoms with Crippen LogP contribution in [0.3, 0.4) is 0 Å². The molecule has 0 fully saturated rings. The lowest BCUT2D eigenvalue weighted by molar-refractivity contribution is 0.392. The Bertz CT molecular complexity index is 835. The minimum absolute atomic E-state index is 0.655. The van der Waals surface area contributed by atoms with E-state index in [9.17, 15) is 0 Å². The summed E-state index contributed by atoms with van der Waals surface area (Å²) >= 11 is 5.08. The Kier molecular flexibility index (Phi) is 5.20. The zero-order valence-corrected chi connectivity index (χ0v) is 15.9. The molecule has 1 aromatic carbocycles. The largest absolute Gasteiger partial charge is 0.361 e. The topological polar surface area (TPSA) is 56.7 Å². The predicted octanol–water partition coefficient (Wildman–Crippen LogP) is 4.79. The van der Waals surface area contributed by atoms with Gasteiger partial charge in [0.15, 0.2) is 11.0 Å². The van der Waals surface area contributed by atoms with E-state index in [0.717, 1.165) is 43.8 Å². The van der Waals surface area contributed by atoms with Crippen LogP contribution in [0.15, 0.2) is 51.1 Å². The van der Waals surface area contributed by atoms with Crippen LogP contribution in [-0.4, -0.2) is 19.9 Å². The van der Waals surface area contributed by atoms with Gasteiger partial charge < -0.3 is 4.52 Å². The van der Waals surface area contributed by atoms with Gasteiger partial charge in [-0.2, -0.15) is 0 Å². The third-order valence-corrected chi connectivity index (χ3v) is 5.18. The van der Waals surface area contributed by atoms with Gasteiger partial charge in [0.05, 0.1) is 5.69 Å². The number of allylic oxidation sites excluding steroid dienone is 1. The summed E-state index contributed by atoms with van der Waals surface area (Å²) in [6.45, 7) is 8.38. The maximum atomic E-state index is 5.22. The molecule has 0 spiro atoms. The normalized spacial score (nSPS) is 11.0. The molecule has 124 valence electrons. The molecule has 0 amide bonds. The molecule has 0 aliphatic rings. The quantitative estimate of drug-likeness (QED) is 0.436. The van der Waals surface area contributed by atoms with Crippen LogP contribution in [0.5, 0.6) is 0 Å². The molecule has 0 bridgehead atoms. The summed E-state index contributed by atoms with van der Waals surface area (Å²) < 4.78 is 8.33. The molecule has 0 aliphatic heterocycles. The van der Waals surface area contributed by atoms with Crippen LogP contribution < -0.4 is 0 Å². The molecule has 0 radical (unpaired) electrons. The lowest BCUT2D eigenvalue weighted by Gasteiger charge is -2.08. The van der Waals surface area contributed by atoms with Gasteiger partial charge >= 0.3 is 0 Å². The van der Waals surface area contributed by atoms with Crippen molar-refractivity contribution in [2.75, 3.05) is 0 Å². The van der Waals surface area contributed by atoms with E-state index in [-0.39, 0.29) is 0 Å². The number of thioether (sulfide) groups is 1. The van der Waals surface area contributed by atoms with E-state index in [1.165, 1.54) is 0 Å². The molecule has 0 aliphatic carbocycles. The lowest BCUT2D eigenvalue weighted by Crippen LogP contribution is -2.01. The first-order valence-corrected chi connectivity index (χ1v) is 9.22.